The molecule has 1 fully saturated rings. The second-order valence-electron chi connectivity index (χ2n) is 5.34. The molecule has 118 valence electrons. The molecule has 1 atom stereocenters. The van der Waals surface area contributed by atoms with Crippen LogP contribution in [-0.2, 0) is 10.0 Å². The van der Waals surface area contributed by atoms with Gasteiger partial charge in [0, 0.05) is 32.4 Å². The van der Waals surface area contributed by atoms with Crippen LogP contribution in [-0.4, -0.2) is 49.1 Å². The molecule has 2 heterocycles. The number of rotatable bonds is 7. The van der Waals surface area contributed by atoms with Crippen molar-refractivity contribution in [1.82, 2.24) is 9.29 Å². The highest BCUT2D eigenvalue weighted by Crippen LogP contribution is 2.26. The van der Waals surface area contributed by atoms with E-state index in [1.807, 2.05) is 0 Å². The first-order valence-electron chi connectivity index (χ1n) is 7.39. The number of anilines is 1. The summed E-state index contributed by atoms with van der Waals surface area (Å²) in [4.78, 5) is 4.38. The molecular formula is C14H23N3O3S. The maximum Gasteiger partial charge on any atom is 0.244 e. The van der Waals surface area contributed by atoms with E-state index >= 15 is 0 Å². The van der Waals surface area contributed by atoms with E-state index in [0.717, 1.165) is 19.4 Å². The molecule has 0 aliphatic carbocycles. The summed E-state index contributed by atoms with van der Waals surface area (Å²) in [6.45, 7) is 3.98. The summed E-state index contributed by atoms with van der Waals surface area (Å²) < 4.78 is 26.5. The molecule has 0 aromatic carbocycles. The van der Waals surface area contributed by atoms with Crippen LogP contribution in [0.25, 0.3) is 0 Å². The Morgan fingerprint density at radius 2 is 2.29 bits per heavy atom. The van der Waals surface area contributed by atoms with Crippen molar-refractivity contribution in [3.05, 3.63) is 18.3 Å². The van der Waals surface area contributed by atoms with E-state index in [1.54, 1.807) is 12.1 Å². The topological polar surface area (TPSA) is 82.5 Å². The summed E-state index contributed by atoms with van der Waals surface area (Å²) in [5.41, 5.74) is 0. The predicted octanol–water partition coefficient (Wildman–Crippen LogP) is 1.30. The minimum Gasteiger partial charge on any atom is -0.396 e. The van der Waals surface area contributed by atoms with Crippen LogP contribution in [0.1, 0.15) is 26.2 Å². The summed E-state index contributed by atoms with van der Waals surface area (Å²) in [5, 5.41) is 12.1. The van der Waals surface area contributed by atoms with Crippen LogP contribution in [0.2, 0.25) is 0 Å². The number of aliphatic hydroxyl groups is 1. The first kappa shape index (κ1) is 16.2. The van der Waals surface area contributed by atoms with E-state index in [4.69, 9.17) is 5.11 Å². The molecule has 6 nitrogen and oxygen atoms in total. The van der Waals surface area contributed by atoms with Crippen molar-refractivity contribution in [3.8, 4) is 0 Å². The fourth-order valence-electron chi connectivity index (χ4n) is 2.47. The van der Waals surface area contributed by atoms with Gasteiger partial charge in [-0.1, -0.05) is 6.92 Å². The molecular weight excluding hydrogens is 290 g/mol. The molecule has 7 heteroatoms. The number of aromatic nitrogens is 1. The van der Waals surface area contributed by atoms with Crippen LogP contribution in [0, 0.1) is 5.92 Å². The van der Waals surface area contributed by atoms with Crippen molar-refractivity contribution in [1.29, 1.82) is 0 Å². The first-order chi connectivity index (χ1) is 10.1. The van der Waals surface area contributed by atoms with Gasteiger partial charge in [0.1, 0.15) is 10.7 Å². The molecule has 1 unspecified atom stereocenters. The first-order valence-corrected chi connectivity index (χ1v) is 8.83. The second-order valence-corrected chi connectivity index (χ2v) is 7.27. The average Bonchev–Trinajstić information content (AvgIpc) is 2.95. The van der Waals surface area contributed by atoms with Gasteiger partial charge in [0.2, 0.25) is 10.0 Å². The molecule has 1 aromatic rings. The molecule has 1 aliphatic heterocycles. The Morgan fingerprint density at radius 3 is 2.90 bits per heavy atom. The minimum atomic E-state index is -3.47. The van der Waals surface area contributed by atoms with Gasteiger partial charge >= 0.3 is 0 Å². The monoisotopic (exact) mass is 313 g/mol. The number of hydrogen-bond donors (Lipinski definition) is 2. The number of nitrogens with zero attached hydrogens (tertiary/aromatic N) is 2. The van der Waals surface area contributed by atoms with Crippen molar-refractivity contribution in [2.24, 2.45) is 5.92 Å². The highest BCUT2D eigenvalue weighted by atomic mass is 32.2. The largest absolute Gasteiger partial charge is 0.396 e. The van der Waals surface area contributed by atoms with Gasteiger partial charge in [-0.3, -0.25) is 0 Å². The SMILES string of the molecule is CCCNc1ccc(S(=O)(=O)N2CCC(CCO)C2)cn1. The molecule has 0 amide bonds. The molecule has 0 saturated carbocycles. The molecule has 0 bridgehead atoms. The van der Waals surface area contributed by atoms with Gasteiger partial charge in [-0.15, -0.1) is 0 Å². The van der Waals surface area contributed by atoms with E-state index in [9.17, 15) is 8.42 Å². The zero-order valence-corrected chi connectivity index (χ0v) is 13.1. The van der Waals surface area contributed by atoms with E-state index in [-0.39, 0.29) is 17.4 Å². The van der Waals surface area contributed by atoms with Crippen LogP contribution in [0.15, 0.2) is 23.2 Å². The molecule has 1 saturated heterocycles. The molecule has 21 heavy (non-hydrogen) atoms. The Hall–Kier alpha value is -1.18. The lowest BCUT2D eigenvalue weighted by Gasteiger charge is -2.16. The molecule has 0 spiro atoms. The highest BCUT2D eigenvalue weighted by Gasteiger charge is 2.32. The third-order valence-electron chi connectivity index (χ3n) is 3.72. The Kier molecular flexibility index (Phi) is 5.55. The maximum atomic E-state index is 12.5. The van der Waals surface area contributed by atoms with Crippen molar-refractivity contribution < 1.29 is 13.5 Å². The fraction of sp³-hybridized carbons (Fsp3) is 0.643. The zero-order chi connectivity index (χ0) is 15.3. The lowest BCUT2D eigenvalue weighted by atomic mass is 10.1. The van der Waals surface area contributed by atoms with Crippen LogP contribution in [0.3, 0.4) is 0 Å². The van der Waals surface area contributed by atoms with Gasteiger partial charge in [0.05, 0.1) is 0 Å². The van der Waals surface area contributed by atoms with Crippen LogP contribution < -0.4 is 5.32 Å². The number of pyridine rings is 1. The highest BCUT2D eigenvalue weighted by molar-refractivity contribution is 7.89. The Labute approximate surface area is 126 Å². The number of nitrogens with one attached hydrogen (secondary N) is 1. The maximum absolute atomic E-state index is 12.5. The lowest BCUT2D eigenvalue weighted by molar-refractivity contribution is 0.259. The van der Waals surface area contributed by atoms with Crippen molar-refractivity contribution in [2.45, 2.75) is 31.1 Å². The fourth-order valence-corrected chi connectivity index (χ4v) is 3.95. The normalized spacial score (nSPS) is 19.8. The van der Waals surface area contributed by atoms with E-state index in [0.29, 0.717) is 25.3 Å². The van der Waals surface area contributed by atoms with Gasteiger partial charge < -0.3 is 10.4 Å². The van der Waals surface area contributed by atoms with Crippen molar-refractivity contribution >= 4 is 15.8 Å². The molecule has 1 aromatic heterocycles. The molecule has 2 rings (SSSR count). The Morgan fingerprint density at radius 1 is 1.48 bits per heavy atom. The lowest BCUT2D eigenvalue weighted by Crippen LogP contribution is -2.29. The summed E-state index contributed by atoms with van der Waals surface area (Å²) in [5.74, 6) is 0.943. The summed E-state index contributed by atoms with van der Waals surface area (Å²) in [6, 6.07) is 3.30. The van der Waals surface area contributed by atoms with E-state index in [1.165, 1.54) is 10.5 Å². The third-order valence-corrected chi connectivity index (χ3v) is 5.56. The van der Waals surface area contributed by atoms with Crippen LogP contribution in [0.5, 0.6) is 0 Å². The minimum absolute atomic E-state index is 0.109. The van der Waals surface area contributed by atoms with Crippen molar-refractivity contribution in [2.75, 3.05) is 31.6 Å². The molecule has 1 aliphatic rings. The van der Waals surface area contributed by atoms with Gasteiger partial charge in [0.25, 0.3) is 0 Å². The Bertz CT molecular complexity index is 545. The van der Waals surface area contributed by atoms with Crippen molar-refractivity contribution in [3.63, 3.8) is 0 Å². The molecule has 2 N–H and O–H groups in total. The van der Waals surface area contributed by atoms with Gasteiger partial charge in [0.15, 0.2) is 0 Å². The quantitative estimate of drug-likeness (QED) is 0.793. The summed E-state index contributed by atoms with van der Waals surface area (Å²) in [7, 11) is -3.47. The van der Waals surface area contributed by atoms with Crippen LogP contribution >= 0.6 is 0 Å². The zero-order valence-electron chi connectivity index (χ0n) is 12.3. The summed E-state index contributed by atoms with van der Waals surface area (Å²) in [6.07, 6.45) is 3.86. The van der Waals surface area contributed by atoms with Crippen LogP contribution in [0.4, 0.5) is 5.82 Å². The number of sulfonamides is 1. The summed E-state index contributed by atoms with van der Waals surface area (Å²) >= 11 is 0. The van der Waals surface area contributed by atoms with Gasteiger partial charge in [-0.05, 0) is 37.3 Å². The predicted molar refractivity (Wildman–Crippen MR) is 81.6 cm³/mol. The smallest absolute Gasteiger partial charge is 0.244 e. The number of aliphatic hydroxyl groups excluding tert-OH is 1. The second kappa shape index (κ2) is 7.20. The third kappa shape index (κ3) is 3.93. The molecule has 0 radical (unpaired) electrons. The van der Waals surface area contributed by atoms with Gasteiger partial charge in [-0.25, -0.2) is 13.4 Å². The Balaban J connectivity index is 2.06. The average molecular weight is 313 g/mol. The standard InChI is InChI=1S/C14H23N3O3S/c1-2-7-15-14-4-3-13(10-16-14)21(19,20)17-8-5-12(11-17)6-9-18/h3-4,10,12,18H,2,5-9,11H2,1H3,(H,15,16). The van der Waals surface area contributed by atoms with Gasteiger partial charge in [-0.2, -0.15) is 4.31 Å². The number of hydrogen-bond acceptors (Lipinski definition) is 5. The van der Waals surface area contributed by atoms with E-state index in [2.05, 4.69) is 17.2 Å². The van der Waals surface area contributed by atoms with E-state index < -0.39 is 10.0 Å².